The summed E-state index contributed by atoms with van der Waals surface area (Å²) in [5.74, 6) is -0.280. The van der Waals surface area contributed by atoms with Gasteiger partial charge < -0.3 is 5.32 Å². The highest BCUT2D eigenvalue weighted by atomic mass is 32.2. The molecule has 8 heteroatoms. The van der Waals surface area contributed by atoms with Gasteiger partial charge in [0.05, 0.1) is 10.6 Å². The lowest BCUT2D eigenvalue weighted by atomic mass is 10.1. The first kappa shape index (κ1) is 19.4. The first-order valence-electron chi connectivity index (χ1n) is 9.50. The summed E-state index contributed by atoms with van der Waals surface area (Å²) in [5.41, 5.74) is 1.78. The monoisotopic (exact) mass is 410 g/mol. The van der Waals surface area contributed by atoms with Crippen LogP contribution >= 0.6 is 0 Å². The highest BCUT2D eigenvalue weighted by Gasteiger charge is 2.39. The van der Waals surface area contributed by atoms with Gasteiger partial charge in [0.15, 0.2) is 0 Å². The molecule has 2 aromatic carbocycles. The summed E-state index contributed by atoms with van der Waals surface area (Å²) in [7, 11) is -3.70. The van der Waals surface area contributed by atoms with Gasteiger partial charge in [-0.3, -0.25) is 4.79 Å². The van der Waals surface area contributed by atoms with Crippen molar-refractivity contribution in [3.63, 3.8) is 0 Å². The van der Waals surface area contributed by atoms with Crippen LogP contribution in [-0.4, -0.2) is 41.0 Å². The van der Waals surface area contributed by atoms with Crippen LogP contribution in [0.25, 0.3) is 5.69 Å². The minimum atomic E-state index is -3.70. The molecule has 150 valence electrons. The van der Waals surface area contributed by atoms with Gasteiger partial charge in [-0.25, -0.2) is 13.1 Å². The van der Waals surface area contributed by atoms with E-state index in [1.54, 1.807) is 41.2 Å². The van der Waals surface area contributed by atoms with Crippen LogP contribution in [0.4, 0.5) is 0 Å². The third-order valence-electron chi connectivity index (χ3n) is 5.05. The zero-order valence-electron chi connectivity index (χ0n) is 15.8. The third-order valence-corrected chi connectivity index (χ3v) is 6.97. The van der Waals surface area contributed by atoms with Gasteiger partial charge in [-0.05, 0) is 42.7 Å². The normalized spacial score (nSPS) is 17.3. The van der Waals surface area contributed by atoms with E-state index >= 15 is 0 Å². The smallest absolute Gasteiger partial charge is 0.243 e. The fourth-order valence-electron chi connectivity index (χ4n) is 3.61. The largest absolute Gasteiger partial charge is 0.351 e. The summed E-state index contributed by atoms with van der Waals surface area (Å²) in [6, 6.07) is 17.0. The van der Waals surface area contributed by atoms with Gasteiger partial charge in [0, 0.05) is 25.5 Å². The Morgan fingerprint density at radius 1 is 1.07 bits per heavy atom. The van der Waals surface area contributed by atoms with Crippen LogP contribution in [0.2, 0.25) is 0 Å². The van der Waals surface area contributed by atoms with E-state index in [1.165, 1.54) is 4.31 Å². The standard InChI is InChI=1S/C21H22N4O3S/c26-21(22-16-17-8-4-5-11-19(17)24-14-7-13-23-24)20-12-6-15-25(20)29(27,28)18-9-2-1-3-10-18/h1-5,7-11,13-14,20H,6,12,15-16H2,(H,22,26). The van der Waals surface area contributed by atoms with E-state index in [0.717, 1.165) is 11.3 Å². The maximum Gasteiger partial charge on any atom is 0.243 e. The molecule has 0 bridgehead atoms. The lowest BCUT2D eigenvalue weighted by molar-refractivity contribution is -0.124. The number of hydrogen-bond acceptors (Lipinski definition) is 4. The molecule has 1 amide bonds. The number of nitrogens with zero attached hydrogens (tertiary/aromatic N) is 3. The molecule has 1 unspecified atom stereocenters. The van der Waals surface area contributed by atoms with Gasteiger partial charge in [0.25, 0.3) is 0 Å². The molecule has 0 spiro atoms. The number of amides is 1. The van der Waals surface area contributed by atoms with Crippen LogP contribution in [0.15, 0.2) is 78.0 Å². The van der Waals surface area contributed by atoms with Crippen LogP contribution in [0, 0.1) is 0 Å². The summed E-state index contributed by atoms with van der Waals surface area (Å²) in [4.78, 5) is 13.1. The first-order chi connectivity index (χ1) is 14.1. The van der Waals surface area contributed by atoms with Crippen LogP contribution in [0.1, 0.15) is 18.4 Å². The Bertz CT molecular complexity index is 1080. The minimum absolute atomic E-state index is 0.212. The van der Waals surface area contributed by atoms with E-state index in [-0.39, 0.29) is 10.8 Å². The molecule has 0 aliphatic carbocycles. The molecule has 0 radical (unpaired) electrons. The lowest BCUT2D eigenvalue weighted by Crippen LogP contribution is -2.45. The van der Waals surface area contributed by atoms with Crippen LogP contribution in [0.3, 0.4) is 0 Å². The first-order valence-corrected chi connectivity index (χ1v) is 10.9. The molecule has 2 heterocycles. The van der Waals surface area contributed by atoms with Crippen molar-refractivity contribution in [1.82, 2.24) is 19.4 Å². The number of rotatable bonds is 6. The highest BCUT2D eigenvalue weighted by molar-refractivity contribution is 7.89. The SMILES string of the molecule is O=C(NCc1ccccc1-n1cccn1)C1CCCN1S(=O)(=O)c1ccccc1. The van der Waals surface area contributed by atoms with E-state index in [4.69, 9.17) is 0 Å². The molecule has 1 saturated heterocycles. The van der Waals surface area contributed by atoms with Gasteiger partial charge in [-0.2, -0.15) is 9.40 Å². The third kappa shape index (κ3) is 3.94. The fourth-order valence-corrected chi connectivity index (χ4v) is 5.29. The van der Waals surface area contributed by atoms with Gasteiger partial charge in [-0.15, -0.1) is 0 Å². The molecule has 1 fully saturated rings. The van der Waals surface area contributed by atoms with E-state index < -0.39 is 16.1 Å². The summed E-state index contributed by atoms with van der Waals surface area (Å²) >= 11 is 0. The number of carbonyl (C=O) groups excluding carboxylic acids is 1. The molecule has 1 aliphatic heterocycles. The summed E-state index contributed by atoms with van der Waals surface area (Å²) in [6.45, 7) is 0.643. The molecule has 29 heavy (non-hydrogen) atoms. The lowest BCUT2D eigenvalue weighted by Gasteiger charge is -2.23. The topological polar surface area (TPSA) is 84.3 Å². The van der Waals surface area contributed by atoms with Crippen LogP contribution in [0.5, 0.6) is 0 Å². The maximum atomic E-state index is 13.0. The number of nitrogens with one attached hydrogen (secondary N) is 1. The van der Waals surface area contributed by atoms with Gasteiger partial charge in [-0.1, -0.05) is 36.4 Å². The van der Waals surface area contributed by atoms with Crippen molar-refractivity contribution in [2.75, 3.05) is 6.54 Å². The van der Waals surface area contributed by atoms with Crippen molar-refractivity contribution in [3.8, 4) is 5.69 Å². The fraction of sp³-hybridized carbons (Fsp3) is 0.238. The molecule has 0 saturated carbocycles. The zero-order valence-corrected chi connectivity index (χ0v) is 16.6. The van der Waals surface area contributed by atoms with Crippen molar-refractivity contribution in [3.05, 3.63) is 78.6 Å². The van der Waals surface area contributed by atoms with Crippen LogP contribution < -0.4 is 5.32 Å². The second-order valence-electron chi connectivity index (χ2n) is 6.88. The molecular formula is C21H22N4O3S. The van der Waals surface area contributed by atoms with Crippen molar-refractivity contribution in [1.29, 1.82) is 0 Å². The summed E-state index contributed by atoms with van der Waals surface area (Å²) < 4.78 is 29.0. The Morgan fingerprint density at radius 2 is 1.83 bits per heavy atom. The molecule has 4 rings (SSSR count). The van der Waals surface area contributed by atoms with E-state index in [0.29, 0.717) is 25.9 Å². The second-order valence-corrected chi connectivity index (χ2v) is 8.77. The van der Waals surface area contributed by atoms with Crippen LogP contribution in [-0.2, 0) is 21.4 Å². The zero-order chi connectivity index (χ0) is 20.3. The van der Waals surface area contributed by atoms with Crippen molar-refractivity contribution >= 4 is 15.9 Å². The predicted octanol–water partition coefficient (Wildman–Crippen LogP) is 2.34. The summed E-state index contributed by atoms with van der Waals surface area (Å²) in [6.07, 6.45) is 4.71. The molecule has 3 aromatic rings. The highest BCUT2D eigenvalue weighted by Crippen LogP contribution is 2.26. The molecule has 1 aromatic heterocycles. The Hall–Kier alpha value is -2.97. The molecule has 7 nitrogen and oxygen atoms in total. The minimum Gasteiger partial charge on any atom is -0.351 e. The molecular weight excluding hydrogens is 388 g/mol. The second kappa shape index (κ2) is 8.18. The van der Waals surface area contributed by atoms with E-state index in [1.807, 2.05) is 36.5 Å². The number of carbonyl (C=O) groups is 1. The van der Waals surface area contributed by atoms with E-state index in [9.17, 15) is 13.2 Å². The quantitative estimate of drug-likeness (QED) is 0.676. The average Bonchev–Trinajstić information content (AvgIpc) is 3.45. The number of para-hydroxylation sites is 1. The van der Waals surface area contributed by atoms with Gasteiger partial charge in [0.1, 0.15) is 6.04 Å². The van der Waals surface area contributed by atoms with Crippen molar-refractivity contribution in [2.45, 2.75) is 30.3 Å². The number of benzene rings is 2. The molecule has 1 atom stereocenters. The van der Waals surface area contributed by atoms with E-state index in [2.05, 4.69) is 10.4 Å². The Morgan fingerprint density at radius 3 is 2.59 bits per heavy atom. The molecule has 1 N–H and O–H groups in total. The number of hydrogen-bond donors (Lipinski definition) is 1. The van der Waals surface area contributed by atoms with Crippen molar-refractivity contribution < 1.29 is 13.2 Å². The van der Waals surface area contributed by atoms with Crippen molar-refractivity contribution in [2.24, 2.45) is 0 Å². The number of sulfonamides is 1. The number of aromatic nitrogens is 2. The maximum absolute atomic E-state index is 13.0. The predicted molar refractivity (Wildman–Crippen MR) is 109 cm³/mol. The average molecular weight is 410 g/mol. The van der Waals surface area contributed by atoms with Gasteiger partial charge in [0.2, 0.25) is 15.9 Å². The molecule has 1 aliphatic rings. The van der Waals surface area contributed by atoms with Gasteiger partial charge >= 0.3 is 0 Å². The Balaban J connectivity index is 1.49. The Labute approximate surface area is 170 Å². The Kier molecular flexibility index (Phi) is 5.46. The summed E-state index contributed by atoms with van der Waals surface area (Å²) in [5, 5.41) is 7.16.